The Morgan fingerprint density at radius 3 is 2.59 bits per heavy atom. The molecule has 0 atom stereocenters. The maximum atomic E-state index is 12.7. The molecule has 0 aliphatic carbocycles. The maximum absolute atomic E-state index is 12.7. The van der Waals surface area contributed by atoms with Crippen LogP contribution in [0.1, 0.15) is 33.7 Å². The van der Waals surface area contributed by atoms with Gasteiger partial charge in [0.05, 0.1) is 12.8 Å². The Balaban J connectivity index is 1.63. The molecular weight excluding hydrogens is 364 g/mol. The number of rotatable bonds is 8. The number of carbonyl (C=O) groups excluding carboxylic acids is 1. The van der Waals surface area contributed by atoms with E-state index in [1.165, 1.54) is 5.56 Å². The van der Waals surface area contributed by atoms with Gasteiger partial charge >= 0.3 is 0 Å². The van der Waals surface area contributed by atoms with Crippen molar-refractivity contribution >= 4 is 17.5 Å². The highest BCUT2D eigenvalue weighted by molar-refractivity contribution is 6.04. The van der Waals surface area contributed by atoms with Gasteiger partial charge < -0.3 is 15.4 Å². The fourth-order valence-electron chi connectivity index (χ4n) is 3.01. The van der Waals surface area contributed by atoms with Crippen molar-refractivity contribution in [3.63, 3.8) is 0 Å². The van der Waals surface area contributed by atoms with E-state index in [2.05, 4.69) is 32.7 Å². The van der Waals surface area contributed by atoms with Gasteiger partial charge in [0.15, 0.2) is 0 Å². The Labute approximate surface area is 171 Å². The predicted octanol–water partition coefficient (Wildman–Crippen LogP) is 4.40. The number of hydrogen-bond acceptors (Lipinski definition) is 5. The third-order valence-corrected chi connectivity index (χ3v) is 4.46. The zero-order valence-corrected chi connectivity index (χ0v) is 17.0. The van der Waals surface area contributed by atoms with Crippen LogP contribution in [0.15, 0.2) is 54.6 Å². The Kier molecular flexibility index (Phi) is 6.79. The van der Waals surface area contributed by atoms with Crippen LogP contribution in [0.2, 0.25) is 0 Å². The first kappa shape index (κ1) is 20.3. The minimum atomic E-state index is -0.299. The number of hydrogen-bond donors (Lipinski definition) is 2. The zero-order valence-electron chi connectivity index (χ0n) is 17.0. The highest BCUT2D eigenvalue weighted by Crippen LogP contribution is 2.25. The zero-order chi connectivity index (χ0) is 20.6. The van der Waals surface area contributed by atoms with E-state index in [4.69, 9.17) is 4.74 Å². The van der Waals surface area contributed by atoms with Crippen LogP contribution in [0.25, 0.3) is 0 Å². The molecule has 0 bridgehead atoms. The Bertz CT molecular complexity index is 974. The van der Waals surface area contributed by atoms with Crippen LogP contribution < -0.4 is 15.4 Å². The number of amides is 1. The largest absolute Gasteiger partial charge is 0.495 e. The van der Waals surface area contributed by atoms with Crippen LogP contribution in [0.3, 0.4) is 0 Å². The first-order chi connectivity index (χ1) is 14.0. The number of nitrogens with zero attached hydrogens (tertiary/aromatic N) is 2. The predicted molar refractivity (Wildman–Crippen MR) is 116 cm³/mol. The number of aryl methyl sites for hydroxylation is 3. The van der Waals surface area contributed by atoms with E-state index < -0.39 is 0 Å². The van der Waals surface area contributed by atoms with Gasteiger partial charge in [0.1, 0.15) is 11.4 Å². The lowest BCUT2D eigenvalue weighted by atomic mass is 10.1. The summed E-state index contributed by atoms with van der Waals surface area (Å²) in [4.78, 5) is 21.5. The molecule has 0 aliphatic heterocycles. The lowest BCUT2D eigenvalue weighted by Crippen LogP contribution is -2.17. The average molecular weight is 390 g/mol. The normalized spacial score (nSPS) is 10.4. The van der Waals surface area contributed by atoms with Gasteiger partial charge in [0, 0.05) is 12.2 Å². The third kappa shape index (κ3) is 5.78. The van der Waals surface area contributed by atoms with Crippen molar-refractivity contribution in [3.8, 4) is 5.75 Å². The van der Waals surface area contributed by atoms with Crippen molar-refractivity contribution in [2.45, 2.75) is 26.7 Å². The van der Waals surface area contributed by atoms with Crippen molar-refractivity contribution in [3.05, 3.63) is 77.1 Å². The molecule has 1 amide bonds. The van der Waals surface area contributed by atoms with Crippen molar-refractivity contribution in [1.29, 1.82) is 0 Å². The van der Waals surface area contributed by atoms with Gasteiger partial charge in [-0.2, -0.15) is 0 Å². The van der Waals surface area contributed by atoms with Crippen LogP contribution in [0.5, 0.6) is 5.75 Å². The maximum Gasteiger partial charge on any atom is 0.274 e. The van der Waals surface area contributed by atoms with Gasteiger partial charge in [-0.05, 0) is 56.0 Å². The number of aromatic nitrogens is 2. The molecule has 1 heterocycles. The SMILES string of the molecule is COc1ccc(C)cc1NC(=O)c1cc(C)nc(NCCCc2ccccc2)n1. The Morgan fingerprint density at radius 1 is 1.03 bits per heavy atom. The molecule has 3 rings (SSSR count). The molecule has 0 aliphatic rings. The summed E-state index contributed by atoms with van der Waals surface area (Å²) in [5.74, 6) is 0.764. The van der Waals surface area contributed by atoms with Crippen LogP contribution in [0, 0.1) is 13.8 Å². The average Bonchev–Trinajstić information content (AvgIpc) is 2.72. The number of anilines is 2. The molecule has 0 unspecified atom stereocenters. The number of benzene rings is 2. The van der Waals surface area contributed by atoms with Crippen LogP contribution in [-0.4, -0.2) is 29.5 Å². The minimum absolute atomic E-state index is 0.299. The van der Waals surface area contributed by atoms with E-state index in [0.717, 1.165) is 30.6 Å². The fraction of sp³-hybridized carbons (Fsp3) is 0.261. The van der Waals surface area contributed by atoms with Gasteiger partial charge in [-0.15, -0.1) is 0 Å². The molecule has 2 N–H and O–H groups in total. The van der Waals surface area contributed by atoms with Crippen molar-refractivity contribution in [1.82, 2.24) is 9.97 Å². The van der Waals surface area contributed by atoms with Crippen LogP contribution >= 0.6 is 0 Å². The number of nitrogens with one attached hydrogen (secondary N) is 2. The van der Waals surface area contributed by atoms with Gasteiger partial charge in [0.25, 0.3) is 5.91 Å². The molecule has 1 aromatic heterocycles. The molecule has 0 spiro atoms. The number of methoxy groups -OCH3 is 1. The van der Waals surface area contributed by atoms with Gasteiger partial charge in [-0.1, -0.05) is 36.4 Å². The lowest BCUT2D eigenvalue weighted by molar-refractivity contribution is 0.102. The van der Waals surface area contributed by atoms with Gasteiger partial charge in [0.2, 0.25) is 5.95 Å². The summed E-state index contributed by atoms with van der Waals surface area (Å²) in [5.41, 5.74) is 3.98. The smallest absolute Gasteiger partial charge is 0.274 e. The second kappa shape index (κ2) is 9.68. The third-order valence-electron chi connectivity index (χ3n) is 4.46. The number of ether oxygens (including phenoxy) is 1. The highest BCUT2D eigenvalue weighted by Gasteiger charge is 2.13. The monoisotopic (exact) mass is 390 g/mol. The van der Waals surface area contributed by atoms with E-state index in [1.807, 2.05) is 50.2 Å². The molecule has 6 nitrogen and oxygen atoms in total. The van der Waals surface area contributed by atoms with E-state index in [0.29, 0.717) is 23.1 Å². The summed E-state index contributed by atoms with van der Waals surface area (Å²) in [7, 11) is 1.58. The van der Waals surface area contributed by atoms with E-state index in [1.54, 1.807) is 13.2 Å². The molecule has 150 valence electrons. The first-order valence-electron chi connectivity index (χ1n) is 9.64. The summed E-state index contributed by atoms with van der Waals surface area (Å²) in [5, 5.41) is 6.10. The fourth-order valence-corrected chi connectivity index (χ4v) is 3.01. The molecule has 2 aromatic carbocycles. The van der Waals surface area contributed by atoms with Crippen molar-refractivity contribution < 1.29 is 9.53 Å². The molecular formula is C23H26N4O2. The molecule has 0 radical (unpaired) electrons. The molecule has 0 fully saturated rings. The van der Waals surface area contributed by atoms with E-state index in [9.17, 15) is 4.79 Å². The Morgan fingerprint density at radius 2 is 1.83 bits per heavy atom. The van der Waals surface area contributed by atoms with Crippen LogP contribution in [0.4, 0.5) is 11.6 Å². The van der Waals surface area contributed by atoms with E-state index >= 15 is 0 Å². The summed E-state index contributed by atoms with van der Waals surface area (Å²) >= 11 is 0. The summed E-state index contributed by atoms with van der Waals surface area (Å²) in [6.07, 6.45) is 1.92. The van der Waals surface area contributed by atoms with Crippen molar-refractivity contribution in [2.75, 3.05) is 24.3 Å². The molecule has 29 heavy (non-hydrogen) atoms. The summed E-state index contributed by atoms with van der Waals surface area (Å²) in [6, 6.07) is 17.6. The molecule has 6 heteroatoms. The molecule has 0 saturated carbocycles. The standard InChI is InChI=1S/C23H26N4O2/c1-16-11-12-21(29-3)19(14-16)26-22(28)20-15-17(2)25-23(27-20)24-13-7-10-18-8-5-4-6-9-18/h4-6,8-9,11-12,14-15H,7,10,13H2,1-3H3,(H,26,28)(H,24,25,27). The molecule has 0 saturated heterocycles. The first-order valence-corrected chi connectivity index (χ1v) is 9.64. The van der Waals surface area contributed by atoms with Crippen molar-refractivity contribution in [2.24, 2.45) is 0 Å². The molecule has 3 aromatic rings. The van der Waals surface area contributed by atoms with Crippen LogP contribution in [-0.2, 0) is 6.42 Å². The minimum Gasteiger partial charge on any atom is -0.495 e. The topological polar surface area (TPSA) is 76.1 Å². The quantitative estimate of drug-likeness (QED) is 0.558. The lowest BCUT2D eigenvalue weighted by Gasteiger charge is -2.12. The van der Waals surface area contributed by atoms with E-state index in [-0.39, 0.29) is 5.91 Å². The number of carbonyl (C=O) groups is 1. The Hall–Kier alpha value is -3.41. The van der Waals surface area contributed by atoms with Gasteiger partial charge in [-0.25, -0.2) is 9.97 Å². The highest BCUT2D eigenvalue weighted by atomic mass is 16.5. The van der Waals surface area contributed by atoms with Gasteiger partial charge in [-0.3, -0.25) is 4.79 Å². The second-order valence-electron chi connectivity index (χ2n) is 6.89. The summed E-state index contributed by atoms with van der Waals surface area (Å²) in [6.45, 7) is 4.54. The summed E-state index contributed by atoms with van der Waals surface area (Å²) < 4.78 is 5.33. The second-order valence-corrected chi connectivity index (χ2v) is 6.89.